The molecule has 5 nitrogen and oxygen atoms in total. The molecule has 1 unspecified atom stereocenters. The first-order chi connectivity index (χ1) is 10.1. The molecule has 1 fully saturated rings. The lowest BCUT2D eigenvalue weighted by atomic mass is 10.2. The number of hydrogen-bond acceptors (Lipinski definition) is 4. The van der Waals surface area contributed by atoms with E-state index in [0.717, 1.165) is 5.69 Å². The fourth-order valence-corrected chi connectivity index (χ4v) is 2.54. The summed E-state index contributed by atoms with van der Waals surface area (Å²) in [4.78, 5) is 22.2. The fraction of sp³-hybridized carbons (Fsp3) is 0.214. The predicted molar refractivity (Wildman–Crippen MR) is 82.9 cm³/mol. The van der Waals surface area contributed by atoms with Crippen LogP contribution in [0.2, 0.25) is 10.0 Å². The topological polar surface area (TPSA) is 58.1 Å². The average molecular weight is 323 g/mol. The van der Waals surface area contributed by atoms with Gasteiger partial charge in [-0.25, -0.2) is 9.97 Å². The molecule has 1 aromatic heterocycles. The summed E-state index contributed by atoms with van der Waals surface area (Å²) in [7, 11) is 0. The van der Waals surface area contributed by atoms with Crippen LogP contribution >= 0.6 is 23.2 Å². The molecule has 21 heavy (non-hydrogen) atoms. The van der Waals surface area contributed by atoms with E-state index >= 15 is 0 Å². The quantitative estimate of drug-likeness (QED) is 0.943. The molecule has 0 saturated carbocycles. The van der Waals surface area contributed by atoms with Gasteiger partial charge >= 0.3 is 0 Å². The molecule has 108 valence electrons. The van der Waals surface area contributed by atoms with Gasteiger partial charge in [-0.2, -0.15) is 0 Å². The first kappa shape index (κ1) is 14.1. The van der Waals surface area contributed by atoms with Gasteiger partial charge in [-0.1, -0.05) is 29.3 Å². The van der Waals surface area contributed by atoms with Crippen molar-refractivity contribution in [2.45, 2.75) is 12.5 Å². The zero-order valence-corrected chi connectivity index (χ0v) is 12.5. The van der Waals surface area contributed by atoms with Crippen molar-refractivity contribution >= 4 is 40.7 Å². The predicted octanol–water partition coefficient (Wildman–Crippen LogP) is 3.00. The number of rotatable bonds is 3. The standard InChI is InChI=1S/C14H12Cl2N4O/c15-9-2-1-3-11(6-9)20-5-4-12(13(20)21)19-14-17-7-10(16)8-18-14/h1-3,6-8,12H,4-5H2,(H,17,18,19). The van der Waals surface area contributed by atoms with E-state index < -0.39 is 0 Å². The molecule has 1 aliphatic rings. The van der Waals surface area contributed by atoms with Crippen molar-refractivity contribution in [1.29, 1.82) is 0 Å². The van der Waals surface area contributed by atoms with Crippen LogP contribution in [-0.4, -0.2) is 28.5 Å². The van der Waals surface area contributed by atoms with Crippen molar-refractivity contribution < 1.29 is 4.79 Å². The van der Waals surface area contributed by atoms with E-state index in [2.05, 4.69) is 15.3 Å². The van der Waals surface area contributed by atoms with Gasteiger partial charge in [0.1, 0.15) is 6.04 Å². The average Bonchev–Trinajstić information content (AvgIpc) is 2.83. The lowest BCUT2D eigenvalue weighted by Crippen LogP contribution is -2.33. The van der Waals surface area contributed by atoms with Crippen LogP contribution in [0.1, 0.15) is 6.42 Å². The molecule has 0 aliphatic carbocycles. The van der Waals surface area contributed by atoms with E-state index in [0.29, 0.717) is 29.0 Å². The van der Waals surface area contributed by atoms with Crippen LogP contribution in [0.25, 0.3) is 0 Å². The van der Waals surface area contributed by atoms with Gasteiger partial charge in [0, 0.05) is 17.3 Å². The zero-order chi connectivity index (χ0) is 14.8. The van der Waals surface area contributed by atoms with Gasteiger partial charge in [0.2, 0.25) is 11.9 Å². The van der Waals surface area contributed by atoms with E-state index in [1.54, 1.807) is 17.0 Å². The highest BCUT2D eigenvalue weighted by Crippen LogP contribution is 2.25. The van der Waals surface area contributed by atoms with Crippen molar-refractivity contribution in [1.82, 2.24) is 9.97 Å². The van der Waals surface area contributed by atoms with Gasteiger partial charge in [-0.15, -0.1) is 0 Å². The molecule has 7 heteroatoms. The largest absolute Gasteiger partial charge is 0.342 e. The van der Waals surface area contributed by atoms with Crippen LogP contribution in [0.15, 0.2) is 36.7 Å². The van der Waals surface area contributed by atoms with Gasteiger partial charge in [0.25, 0.3) is 0 Å². The van der Waals surface area contributed by atoms with E-state index in [1.807, 2.05) is 12.1 Å². The third kappa shape index (κ3) is 3.09. The number of carbonyl (C=O) groups is 1. The Bertz CT molecular complexity index is 662. The number of carbonyl (C=O) groups excluding carboxylic acids is 1. The summed E-state index contributed by atoms with van der Waals surface area (Å²) in [6.07, 6.45) is 3.66. The number of anilines is 2. The molecule has 2 aromatic rings. The molecule has 0 bridgehead atoms. The first-order valence-electron chi connectivity index (χ1n) is 6.44. The normalized spacial score (nSPS) is 18.1. The Morgan fingerprint density at radius 2 is 1.95 bits per heavy atom. The second-order valence-corrected chi connectivity index (χ2v) is 5.55. The zero-order valence-electron chi connectivity index (χ0n) is 11.0. The lowest BCUT2D eigenvalue weighted by Gasteiger charge is -2.17. The Labute approximate surface area is 131 Å². The molecule has 0 radical (unpaired) electrons. The van der Waals surface area contributed by atoms with Crippen LogP contribution in [0.3, 0.4) is 0 Å². The molecule has 1 N–H and O–H groups in total. The smallest absolute Gasteiger partial charge is 0.249 e. The molecule has 1 aliphatic heterocycles. The maximum atomic E-state index is 12.4. The summed E-state index contributed by atoms with van der Waals surface area (Å²) < 4.78 is 0. The summed E-state index contributed by atoms with van der Waals surface area (Å²) in [5, 5.41) is 4.09. The number of halogens is 2. The molecule has 1 aromatic carbocycles. The maximum Gasteiger partial charge on any atom is 0.249 e. The highest BCUT2D eigenvalue weighted by Gasteiger charge is 2.33. The maximum absolute atomic E-state index is 12.4. The fourth-order valence-electron chi connectivity index (χ4n) is 2.26. The molecule has 2 heterocycles. The second kappa shape index (κ2) is 5.87. The summed E-state index contributed by atoms with van der Waals surface area (Å²) in [5.41, 5.74) is 0.800. The van der Waals surface area contributed by atoms with Gasteiger partial charge in [0.15, 0.2) is 0 Å². The van der Waals surface area contributed by atoms with Crippen molar-refractivity contribution in [3.8, 4) is 0 Å². The van der Waals surface area contributed by atoms with Crippen molar-refractivity contribution in [2.24, 2.45) is 0 Å². The number of aromatic nitrogens is 2. The van der Waals surface area contributed by atoms with Crippen molar-refractivity contribution in [2.75, 3.05) is 16.8 Å². The van der Waals surface area contributed by atoms with Crippen LogP contribution < -0.4 is 10.2 Å². The highest BCUT2D eigenvalue weighted by molar-refractivity contribution is 6.31. The number of benzene rings is 1. The molecular weight excluding hydrogens is 311 g/mol. The third-order valence-electron chi connectivity index (χ3n) is 3.25. The number of hydrogen-bond donors (Lipinski definition) is 1. The van der Waals surface area contributed by atoms with Gasteiger partial charge in [-0.05, 0) is 24.6 Å². The molecule has 0 spiro atoms. The second-order valence-electron chi connectivity index (χ2n) is 4.68. The monoisotopic (exact) mass is 322 g/mol. The highest BCUT2D eigenvalue weighted by atomic mass is 35.5. The Hall–Kier alpha value is -1.85. The minimum atomic E-state index is -0.342. The third-order valence-corrected chi connectivity index (χ3v) is 3.68. The van der Waals surface area contributed by atoms with E-state index in [-0.39, 0.29) is 11.9 Å². The molecule has 1 saturated heterocycles. The van der Waals surface area contributed by atoms with Gasteiger partial charge < -0.3 is 10.2 Å². The lowest BCUT2D eigenvalue weighted by molar-refractivity contribution is -0.117. The summed E-state index contributed by atoms with van der Waals surface area (Å²) >= 11 is 11.7. The van der Waals surface area contributed by atoms with Crippen LogP contribution in [0, 0.1) is 0 Å². The first-order valence-corrected chi connectivity index (χ1v) is 7.20. The minimum Gasteiger partial charge on any atom is -0.342 e. The van der Waals surface area contributed by atoms with Gasteiger partial charge in [0.05, 0.1) is 17.4 Å². The van der Waals surface area contributed by atoms with Crippen LogP contribution in [0.5, 0.6) is 0 Å². The van der Waals surface area contributed by atoms with Crippen LogP contribution in [0.4, 0.5) is 11.6 Å². The number of amides is 1. The van der Waals surface area contributed by atoms with Crippen molar-refractivity contribution in [3.63, 3.8) is 0 Å². The molecule has 1 amide bonds. The van der Waals surface area contributed by atoms with E-state index in [9.17, 15) is 4.79 Å². The summed E-state index contributed by atoms with van der Waals surface area (Å²) in [6.45, 7) is 0.629. The van der Waals surface area contributed by atoms with Crippen LogP contribution in [-0.2, 0) is 4.79 Å². The molecule has 1 atom stereocenters. The Morgan fingerprint density at radius 3 is 2.67 bits per heavy atom. The summed E-state index contributed by atoms with van der Waals surface area (Å²) in [5.74, 6) is 0.376. The summed E-state index contributed by atoms with van der Waals surface area (Å²) in [6, 6.07) is 6.91. The Balaban J connectivity index is 1.73. The van der Waals surface area contributed by atoms with E-state index in [1.165, 1.54) is 12.4 Å². The molecular formula is C14H12Cl2N4O. The number of nitrogens with one attached hydrogen (secondary N) is 1. The van der Waals surface area contributed by atoms with Crippen molar-refractivity contribution in [3.05, 3.63) is 46.7 Å². The molecule has 3 rings (SSSR count). The minimum absolute atomic E-state index is 0.0178. The van der Waals surface area contributed by atoms with E-state index in [4.69, 9.17) is 23.2 Å². The SMILES string of the molecule is O=C1C(Nc2ncc(Cl)cn2)CCN1c1cccc(Cl)c1. The van der Waals surface area contributed by atoms with Gasteiger partial charge in [-0.3, -0.25) is 4.79 Å². The Kier molecular flexibility index (Phi) is 3.94. The Morgan fingerprint density at radius 1 is 1.19 bits per heavy atom. The number of nitrogens with zero attached hydrogens (tertiary/aromatic N) is 3.